The molecule has 1 fully saturated rings. The van der Waals surface area contributed by atoms with Gasteiger partial charge in [0, 0.05) is 26.2 Å². The maximum atomic E-state index is 13.1. The molecule has 0 aromatic heterocycles. The van der Waals surface area contributed by atoms with Crippen molar-refractivity contribution in [1.82, 2.24) is 9.62 Å². The Labute approximate surface area is 174 Å². The zero-order valence-corrected chi connectivity index (χ0v) is 18.8. The minimum Gasteiger partial charge on any atom is -0.494 e. The van der Waals surface area contributed by atoms with Crippen molar-refractivity contribution in [3.05, 3.63) is 23.8 Å². The molecule has 8 heteroatoms. The highest BCUT2D eigenvalue weighted by molar-refractivity contribution is 7.89. The van der Waals surface area contributed by atoms with Crippen molar-refractivity contribution >= 4 is 15.9 Å². The van der Waals surface area contributed by atoms with Gasteiger partial charge in [-0.05, 0) is 70.7 Å². The lowest BCUT2D eigenvalue weighted by Crippen LogP contribution is -2.45. The molecule has 1 aromatic rings. The highest BCUT2D eigenvalue weighted by Gasteiger charge is 2.33. The Kier molecular flexibility index (Phi) is 8.92. The highest BCUT2D eigenvalue weighted by Crippen LogP contribution is 2.27. The molecule has 1 aliphatic rings. The van der Waals surface area contributed by atoms with E-state index in [0.29, 0.717) is 44.9 Å². The van der Waals surface area contributed by atoms with Gasteiger partial charge in [0.15, 0.2) is 0 Å². The number of benzene rings is 1. The minimum atomic E-state index is -3.64. The van der Waals surface area contributed by atoms with Crippen LogP contribution in [0.2, 0.25) is 0 Å². The fourth-order valence-corrected chi connectivity index (χ4v) is 4.98. The number of rotatable bonds is 10. The summed E-state index contributed by atoms with van der Waals surface area (Å²) in [5.41, 5.74) is 0.780. The van der Waals surface area contributed by atoms with E-state index < -0.39 is 10.0 Å². The maximum Gasteiger partial charge on any atom is 0.243 e. The number of aryl methyl sites for hydroxylation is 1. The van der Waals surface area contributed by atoms with Gasteiger partial charge in [-0.2, -0.15) is 4.31 Å². The van der Waals surface area contributed by atoms with Crippen LogP contribution in [0.25, 0.3) is 0 Å². The van der Waals surface area contributed by atoms with Gasteiger partial charge in [0.05, 0.1) is 23.5 Å². The molecule has 29 heavy (non-hydrogen) atoms. The molecule has 0 unspecified atom stereocenters. The SMILES string of the molecule is CCOc1ccc(S(=O)(=O)N2CCC[C@H](C(=O)NCCCOC(C)C)C2)cc1C. The van der Waals surface area contributed by atoms with Crippen LogP contribution < -0.4 is 10.1 Å². The zero-order chi connectivity index (χ0) is 21.4. The van der Waals surface area contributed by atoms with Crippen LogP contribution in [0.15, 0.2) is 23.1 Å². The third-order valence-electron chi connectivity index (χ3n) is 4.91. The van der Waals surface area contributed by atoms with E-state index in [4.69, 9.17) is 9.47 Å². The first-order valence-electron chi connectivity index (χ1n) is 10.4. The van der Waals surface area contributed by atoms with Crippen molar-refractivity contribution < 1.29 is 22.7 Å². The van der Waals surface area contributed by atoms with Crippen LogP contribution in [0.3, 0.4) is 0 Å². The molecule has 1 aliphatic heterocycles. The Balaban J connectivity index is 1.96. The molecule has 1 N–H and O–H groups in total. The average Bonchev–Trinajstić information content (AvgIpc) is 2.69. The van der Waals surface area contributed by atoms with E-state index in [9.17, 15) is 13.2 Å². The van der Waals surface area contributed by atoms with Gasteiger partial charge in [0.2, 0.25) is 15.9 Å². The van der Waals surface area contributed by atoms with E-state index in [1.807, 2.05) is 27.7 Å². The fourth-order valence-electron chi connectivity index (χ4n) is 3.37. The molecule has 0 spiro atoms. The predicted molar refractivity (Wildman–Crippen MR) is 113 cm³/mol. The van der Waals surface area contributed by atoms with E-state index in [1.54, 1.807) is 18.2 Å². The van der Waals surface area contributed by atoms with Gasteiger partial charge in [-0.3, -0.25) is 4.79 Å². The van der Waals surface area contributed by atoms with Crippen molar-refractivity contribution in [3.63, 3.8) is 0 Å². The normalized spacial score (nSPS) is 18.0. The first kappa shape index (κ1) is 23.6. The van der Waals surface area contributed by atoms with E-state index in [0.717, 1.165) is 12.0 Å². The van der Waals surface area contributed by atoms with Crippen LogP contribution in [0.5, 0.6) is 5.75 Å². The van der Waals surface area contributed by atoms with E-state index in [-0.39, 0.29) is 29.4 Å². The molecule has 1 amide bonds. The van der Waals surface area contributed by atoms with Crippen LogP contribution in [-0.4, -0.2) is 57.6 Å². The molecular weight excluding hydrogens is 392 g/mol. The van der Waals surface area contributed by atoms with Gasteiger partial charge in [-0.1, -0.05) is 0 Å². The molecule has 1 atom stereocenters. The summed E-state index contributed by atoms with van der Waals surface area (Å²) in [4.78, 5) is 12.7. The second-order valence-corrected chi connectivity index (χ2v) is 9.56. The van der Waals surface area contributed by atoms with E-state index >= 15 is 0 Å². The summed E-state index contributed by atoms with van der Waals surface area (Å²) in [5, 5.41) is 2.91. The standard InChI is InChI=1S/C21H34N2O5S/c1-5-27-20-10-9-19(14-17(20)4)29(25,26)23-12-6-8-18(15-23)21(24)22-11-7-13-28-16(2)3/h9-10,14,16,18H,5-8,11-13,15H2,1-4H3,(H,22,24)/t18-/m0/s1. The monoisotopic (exact) mass is 426 g/mol. The van der Waals surface area contributed by atoms with E-state index in [1.165, 1.54) is 4.31 Å². The summed E-state index contributed by atoms with van der Waals surface area (Å²) in [5.74, 6) is 0.273. The first-order valence-corrected chi connectivity index (χ1v) is 11.8. The molecule has 7 nitrogen and oxygen atoms in total. The Morgan fingerprint density at radius 1 is 1.34 bits per heavy atom. The second-order valence-electron chi connectivity index (χ2n) is 7.63. The van der Waals surface area contributed by atoms with Crippen molar-refractivity contribution in [2.24, 2.45) is 5.92 Å². The minimum absolute atomic E-state index is 0.0858. The van der Waals surface area contributed by atoms with Crippen LogP contribution in [0.1, 0.15) is 45.6 Å². The van der Waals surface area contributed by atoms with Crippen molar-refractivity contribution in [2.75, 3.05) is 32.8 Å². The summed E-state index contributed by atoms with van der Waals surface area (Å²) < 4.78 is 38.5. The number of piperidine rings is 1. The van der Waals surface area contributed by atoms with Gasteiger partial charge in [-0.15, -0.1) is 0 Å². The lowest BCUT2D eigenvalue weighted by Gasteiger charge is -2.31. The number of nitrogens with zero attached hydrogens (tertiary/aromatic N) is 1. The molecule has 2 rings (SSSR count). The van der Waals surface area contributed by atoms with Crippen molar-refractivity contribution in [1.29, 1.82) is 0 Å². The molecule has 0 bridgehead atoms. The van der Waals surface area contributed by atoms with Crippen LogP contribution in [-0.2, 0) is 19.6 Å². The smallest absolute Gasteiger partial charge is 0.243 e. The summed E-state index contributed by atoms with van der Waals surface area (Å²) in [7, 11) is -3.64. The molecule has 1 aromatic carbocycles. The van der Waals surface area contributed by atoms with Gasteiger partial charge in [0.25, 0.3) is 0 Å². The third-order valence-corrected chi connectivity index (χ3v) is 6.77. The van der Waals surface area contributed by atoms with E-state index in [2.05, 4.69) is 5.32 Å². The van der Waals surface area contributed by atoms with Gasteiger partial charge >= 0.3 is 0 Å². The van der Waals surface area contributed by atoms with Gasteiger partial charge < -0.3 is 14.8 Å². The zero-order valence-electron chi connectivity index (χ0n) is 17.9. The number of hydrogen-bond acceptors (Lipinski definition) is 5. The molecule has 1 saturated heterocycles. The molecular formula is C21H34N2O5S. The Bertz CT molecular complexity index is 779. The predicted octanol–water partition coefficient (Wildman–Crippen LogP) is 2.73. The molecule has 164 valence electrons. The fraction of sp³-hybridized carbons (Fsp3) is 0.667. The van der Waals surface area contributed by atoms with Crippen LogP contribution >= 0.6 is 0 Å². The maximum absolute atomic E-state index is 13.1. The average molecular weight is 427 g/mol. The van der Waals surface area contributed by atoms with Crippen LogP contribution in [0.4, 0.5) is 0 Å². The topological polar surface area (TPSA) is 84.9 Å². The molecule has 1 heterocycles. The number of carbonyl (C=O) groups is 1. The third kappa shape index (κ3) is 6.69. The Morgan fingerprint density at radius 2 is 2.10 bits per heavy atom. The number of amides is 1. The number of sulfonamides is 1. The van der Waals surface area contributed by atoms with Gasteiger partial charge in [0.1, 0.15) is 5.75 Å². The summed E-state index contributed by atoms with van der Waals surface area (Å²) in [6, 6.07) is 4.91. The number of carbonyl (C=O) groups excluding carboxylic acids is 1. The van der Waals surface area contributed by atoms with Gasteiger partial charge in [-0.25, -0.2) is 8.42 Å². The summed E-state index contributed by atoms with van der Waals surface area (Å²) in [6.45, 7) is 9.97. The largest absolute Gasteiger partial charge is 0.494 e. The first-order chi connectivity index (χ1) is 13.8. The molecule has 0 radical (unpaired) electrons. The number of hydrogen-bond donors (Lipinski definition) is 1. The molecule has 0 aliphatic carbocycles. The Morgan fingerprint density at radius 3 is 2.76 bits per heavy atom. The lowest BCUT2D eigenvalue weighted by molar-refractivity contribution is -0.126. The molecule has 0 saturated carbocycles. The summed E-state index contributed by atoms with van der Waals surface area (Å²) >= 11 is 0. The lowest BCUT2D eigenvalue weighted by atomic mass is 9.99. The Hall–Kier alpha value is -1.64. The van der Waals surface area contributed by atoms with Crippen LogP contribution in [0, 0.1) is 12.8 Å². The quantitative estimate of drug-likeness (QED) is 0.582. The second kappa shape index (κ2) is 10.9. The number of ether oxygens (including phenoxy) is 2. The summed E-state index contributed by atoms with van der Waals surface area (Å²) in [6.07, 6.45) is 2.28. The van der Waals surface area contributed by atoms with Crippen molar-refractivity contribution in [3.8, 4) is 5.75 Å². The highest BCUT2D eigenvalue weighted by atomic mass is 32.2. The number of nitrogens with one attached hydrogen (secondary N) is 1. The van der Waals surface area contributed by atoms with Crippen molar-refractivity contribution in [2.45, 2.75) is 58.0 Å².